The first-order valence-corrected chi connectivity index (χ1v) is 8.26. The van der Waals surface area contributed by atoms with E-state index in [0.29, 0.717) is 13.1 Å². The lowest BCUT2D eigenvalue weighted by Crippen LogP contribution is -2.36. The number of guanidine groups is 1. The van der Waals surface area contributed by atoms with E-state index in [1.807, 2.05) is 55.1 Å². The highest BCUT2D eigenvalue weighted by atomic mass is 16.3. The van der Waals surface area contributed by atoms with Gasteiger partial charge in [-0.3, -0.25) is 4.57 Å². The quantitative estimate of drug-likeness (QED) is 0.533. The number of nitrogens with one attached hydrogen (secondary N) is 2. The van der Waals surface area contributed by atoms with E-state index in [1.54, 1.807) is 12.5 Å². The molecule has 0 amide bonds. The van der Waals surface area contributed by atoms with E-state index in [0.717, 1.165) is 35.5 Å². The maximum absolute atomic E-state index is 5.32. The Kier molecular flexibility index (Phi) is 5.46. The normalized spacial score (nSPS) is 11.5. The molecule has 0 aliphatic carbocycles. The number of hydrogen-bond acceptors (Lipinski definition) is 4. The van der Waals surface area contributed by atoms with Gasteiger partial charge in [0.1, 0.15) is 17.4 Å². The number of rotatable bonds is 6. The molecule has 0 atom stereocenters. The van der Waals surface area contributed by atoms with Crippen LogP contribution in [0.1, 0.15) is 24.1 Å². The van der Waals surface area contributed by atoms with Crippen molar-refractivity contribution < 1.29 is 4.42 Å². The van der Waals surface area contributed by atoms with Crippen molar-refractivity contribution in [3.05, 3.63) is 66.3 Å². The van der Waals surface area contributed by atoms with Crippen molar-refractivity contribution in [1.82, 2.24) is 25.2 Å². The summed E-state index contributed by atoms with van der Waals surface area (Å²) < 4.78 is 7.27. The number of furan rings is 1. The lowest BCUT2D eigenvalue weighted by Gasteiger charge is -2.10. The van der Waals surface area contributed by atoms with Gasteiger partial charge in [0.15, 0.2) is 5.96 Å². The van der Waals surface area contributed by atoms with E-state index in [4.69, 9.17) is 4.42 Å². The number of imidazole rings is 1. The highest BCUT2D eigenvalue weighted by Gasteiger charge is 2.03. The fourth-order valence-electron chi connectivity index (χ4n) is 2.37. The molecule has 0 aliphatic heterocycles. The Hall–Kier alpha value is -3.09. The number of pyridine rings is 1. The Balaban J connectivity index is 1.62. The Morgan fingerprint density at radius 1 is 1.24 bits per heavy atom. The number of nitrogens with zero attached hydrogens (tertiary/aromatic N) is 4. The van der Waals surface area contributed by atoms with Crippen molar-refractivity contribution in [2.24, 2.45) is 4.99 Å². The first-order chi connectivity index (χ1) is 12.3. The zero-order valence-corrected chi connectivity index (χ0v) is 14.4. The predicted molar refractivity (Wildman–Crippen MR) is 96.5 cm³/mol. The zero-order chi connectivity index (χ0) is 17.5. The van der Waals surface area contributed by atoms with Gasteiger partial charge in [-0.05, 0) is 37.6 Å². The van der Waals surface area contributed by atoms with Crippen LogP contribution in [0.3, 0.4) is 0 Å². The first-order valence-electron chi connectivity index (χ1n) is 8.26. The Morgan fingerprint density at radius 2 is 2.16 bits per heavy atom. The molecule has 0 bridgehead atoms. The predicted octanol–water partition coefficient (Wildman–Crippen LogP) is 2.42. The number of aryl methyl sites for hydroxylation is 1. The summed E-state index contributed by atoms with van der Waals surface area (Å²) >= 11 is 0. The van der Waals surface area contributed by atoms with Crippen LogP contribution in [0.5, 0.6) is 0 Å². The van der Waals surface area contributed by atoms with E-state index in [9.17, 15) is 0 Å². The maximum Gasteiger partial charge on any atom is 0.191 e. The molecule has 3 heterocycles. The minimum Gasteiger partial charge on any atom is -0.467 e. The molecule has 0 radical (unpaired) electrons. The van der Waals surface area contributed by atoms with E-state index < -0.39 is 0 Å². The minimum absolute atomic E-state index is 0.545. The third kappa shape index (κ3) is 4.47. The molecule has 7 nitrogen and oxygen atoms in total. The highest BCUT2D eigenvalue weighted by molar-refractivity contribution is 5.79. The topological polar surface area (TPSA) is 80.3 Å². The standard InChI is InChI=1S/C18H22N6O/c1-3-19-18(23-13-16-5-4-10-25-16)22-12-15-6-7-17(21-11-15)24-9-8-20-14(24)2/h4-11H,3,12-13H2,1-2H3,(H2,19,22,23). The Labute approximate surface area is 146 Å². The fraction of sp³-hybridized carbons (Fsp3) is 0.278. The fourth-order valence-corrected chi connectivity index (χ4v) is 2.37. The van der Waals surface area contributed by atoms with Crippen LogP contribution in [-0.4, -0.2) is 27.0 Å². The molecule has 0 fully saturated rings. The summed E-state index contributed by atoms with van der Waals surface area (Å²) in [6, 6.07) is 7.80. The first kappa shape index (κ1) is 16.8. The number of hydrogen-bond donors (Lipinski definition) is 2. The average Bonchev–Trinajstić information content (AvgIpc) is 3.29. The molecule has 3 rings (SSSR count). The third-order valence-electron chi connectivity index (χ3n) is 3.66. The van der Waals surface area contributed by atoms with Gasteiger partial charge in [-0.25, -0.2) is 15.0 Å². The summed E-state index contributed by atoms with van der Waals surface area (Å²) in [6.07, 6.45) is 7.17. The van der Waals surface area contributed by atoms with E-state index >= 15 is 0 Å². The van der Waals surface area contributed by atoms with E-state index in [-0.39, 0.29) is 0 Å². The Bertz CT molecular complexity index is 804. The summed E-state index contributed by atoms with van der Waals surface area (Å²) in [5.74, 6) is 3.38. The molecule has 0 unspecified atom stereocenters. The molecular formula is C18H22N6O. The second-order valence-electron chi connectivity index (χ2n) is 5.50. The van der Waals surface area contributed by atoms with Gasteiger partial charge in [0.2, 0.25) is 0 Å². The van der Waals surface area contributed by atoms with Gasteiger partial charge < -0.3 is 15.1 Å². The van der Waals surface area contributed by atoms with Crippen molar-refractivity contribution in [2.75, 3.05) is 6.54 Å². The van der Waals surface area contributed by atoms with Crippen LogP contribution in [0.15, 0.2) is 58.5 Å². The summed E-state index contributed by atoms with van der Waals surface area (Å²) in [7, 11) is 0. The molecule has 0 saturated carbocycles. The molecule has 0 saturated heterocycles. The zero-order valence-electron chi connectivity index (χ0n) is 14.4. The van der Waals surface area contributed by atoms with Crippen LogP contribution in [0.4, 0.5) is 0 Å². The molecule has 2 N–H and O–H groups in total. The number of aromatic nitrogens is 3. The highest BCUT2D eigenvalue weighted by Crippen LogP contribution is 2.09. The van der Waals surface area contributed by atoms with Crippen LogP contribution in [-0.2, 0) is 13.1 Å². The summed E-state index contributed by atoms with van der Waals surface area (Å²) in [5, 5.41) is 6.47. The molecule has 130 valence electrons. The lowest BCUT2D eigenvalue weighted by atomic mass is 10.3. The van der Waals surface area contributed by atoms with Crippen molar-refractivity contribution in [3.63, 3.8) is 0 Å². The van der Waals surface area contributed by atoms with Gasteiger partial charge in [-0.15, -0.1) is 0 Å². The molecule has 0 aliphatic rings. The van der Waals surface area contributed by atoms with Gasteiger partial charge in [0.25, 0.3) is 0 Å². The average molecular weight is 338 g/mol. The van der Waals surface area contributed by atoms with Gasteiger partial charge in [-0.2, -0.15) is 0 Å². The van der Waals surface area contributed by atoms with Gasteiger partial charge >= 0.3 is 0 Å². The van der Waals surface area contributed by atoms with Crippen LogP contribution < -0.4 is 10.6 Å². The van der Waals surface area contributed by atoms with Crippen molar-refractivity contribution in [2.45, 2.75) is 26.9 Å². The van der Waals surface area contributed by atoms with E-state index in [2.05, 4.69) is 25.6 Å². The minimum atomic E-state index is 0.545. The van der Waals surface area contributed by atoms with Crippen molar-refractivity contribution in [3.8, 4) is 5.82 Å². The second-order valence-corrected chi connectivity index (χ2v) is 5.50. The van der Waals surface area contributed by atoms with Gasteiger partial charge in [-0.1, -0.05) is 6.07 Å². The third-order valence-corrected chi connectivity index (χ3v) is 3.66. The molecule has 7 heteroatoms. The molecule has 0 spiro atoms. The monoisotopic (exact) mass is 338 g/mol. The van der Waals surface area contributed by atoms with E-state index in [1.165, 1.54) is 0 Å². The summed E-state index contributed by atoms with van der Waals surface area (Å²) in [6.45, 7) is 5.92. The largest absolute Gasteiger partial charge is 0.467 e. The van der Waals surface area contributed by atoms with Crippen LogP contribution >= 0.6 is 0 Å². The van der Waals surface area contributed by atoms with Gasteiger partial charge in [0, 0.05) is 25.1 Å². The second kappa shape index (κ2) is 8.14. The van der Waals surface area contributed by atoms with Crippen LogP contribution in [0.25, 0.3) is 5.82 Å². The SMILES string of the molecule is CCNC(=NCc1ccc(-n2ccnc2C)nc1)NCc1ccco1. The van der Waals surface area contributed by atoms with Gasteiger partial charge in [0.05, 0.1) is 19.4 Å². The maximum atomic E-state index is 5.32. The molecule has 0 aromatic carbocycles. The lowest BCUT2D eigenvalue weighted by molar-refractivity contribution is 0.501. The van der Waals surface area contributed by atoms with Crippen molar-refractivity contribution in [1.29, 1.82) is 0 Å². The number of aliphatic imine (C=N–C) groups is 1. The molecule has 3 aromatic heterocycles. The molecule has 25 heavy (non-hydrogen) atoms. The Morgan fingerprint density at radius 3 is 2.80 bits per heavy atom. The molecule has 3 aromatic rings. The summed E-state index contributed by atoms with van der Waals surface area (Å²) in [4.78, 5) is 13.3. The van der Waals surface area contributed by atoms with Crippen LogP contribution in [0, 0.1) is 6.92 Å². The molecular weight excluding hydrogens is 316 g/mol. The summed E-state index contributed by atoms with van der Waals surface area (Å²) in [5.41, 5.74) is 1.04. The van der Waals surface area contributed by atoms with Crippen molar-refractivity contribution >= 4 is 5.96 Å². The smallest absolute Gasteiger partial charge is 0.191 e. The van der Waals surface area contributed by atoms with Crippen LogP contribution in [0.2, 0.25) is 0 Å².